The fourth-order valence-electron chi connectivity index (χ4n) is 3.67. The largest absolute Gasteiger partial charge is 0.495 e. The third-order valence-electron chi connectivity index (χ3n) is 5.52. The van der Waals surface area contributed by atoms with E-state index in [0.29, 0.717) is 33.5 Å². The van der Waals surface area contributed by atoms with E-state index in [1.54, 1.807) is 18.2 Å². The van der Waals surface area contributed by atoms with E-state index in [4.69, 9.17) is 9.52 Å². The second-order valence-electron chi connectivity index (χ2n) is 7.60. The lowest BCUT2D eigenvalue weighted by Crippen LogP contribution is -2.06. The van der Waals surface area contributed by atoms with E-state index in [1.807, 2.05) is 30.5 Å². The lowest BCUT2D eigenvalue weighted by molar-refractivity contribution is 0.415. The minimum atomic E-state index is -2.83. The van der Waals surface area contributed by atoms with Gasteiger partial charge >= 0.3 is 0 Å². The number of aromatic nitrogens is 3. The summed E-state index contributed by atoms with van der Waals surface area (Å²) in [7, 11) is -1.31. The van der Waals surface area contributed by atoms with Crippen LogP contribution in [0, 0.1) is 16.1 Å². The molecule has 1 aliphatic rings. The van der Waals surface area contributed by atoms with Crippen LogP contribution >= 0.6 is 0 Å². The van der Waals surface area contributed by atoms with Crippen molar-refractivity contribution in [1.82, 2.24) is 15.0 Å². The van der Waals surface area contributed by atoms with Crippen LogP contribution in [0.2, 0.25) is 0 Å². The Balaban J connectivity index is 1.53. The molecular weight excluding hydrogens is 424 g/mol. The standard InChI is InChI=1S/C23H20N6O2S/c1-31-21-10-16(32(25,30)15-6-7-15)8-9-20(21)28-23-27-12-14(11-24)22(29-23)18-13-26-19-5-3-2-4-17(18)19/h2-5,8-10,12-13,15,25-26H,6-7H2,1H3,(H,27,28,29). The first-order valence-electron chi connectivity index (χ1n) is 10.1. The van der Waals surface area contributed by atoms with Gasteiger partial charge in [0, 0.05) is 27.9 Å². The molecule has 1 aliphatic carbocycles. The minimum Gasteiger partial charge on any atom is -0.495 e. The van der Waals surface area contributed by atoms with Crippen LogP contribution in [0.15, 0.2) is 59.8 Å². The van der Waals surface area contributed by atoms with Crippen LogP contribution in [0.1, 0.15) is 18.4 Å². The zero-order chi connectivity index (χ0) is 22.3. The van der Waals surface area contributed by atoms with Crippen molar-refractivity contribution >= 4 is 32.3 Å². The number of methoxy groups -OCH3 is 1. The quantitative estimate of drug-likeness (QED) is 0.391. The molecule has 4 aromatic rings. The Morgan fingerprint density at radius 2 is 2.09 bits per heavy atom. The molecule has 0 bridgehead atoms. The van der Waals surface area contributed by atoms with Crippen LogP contribution in [0.5, 0.6) is 5.75 Å². The van der Waals surface area contributed by atoms with Crippen molar-refractivity contribution in [2.24, 2.45) is 0 Å². The van der Waals surface area contributed by atoms with Gasteiger partial charge in [0.05, 0.1) is 44.9 Å². The second-order valence-corrected chi connectivity index (χ2v) is 9.94. The van der Waals surface area contributed by atoms with Gasteiger partial charge in [-0.05, 0) is 37.1 Å². The molecule has 0 radical (unpaired) electrons. The third kappa shape index (κ3) is 3.44. The SMILES string of the molecule is COc1cc(S(=N)(=O)C2CC2)ccc1Nc1ncc(C#N)c(-c2c[nH]c3ccccc23)n1. The topological polar surface area (TPSA) is 128 Å². The number of aromatic amines is 1. The average Bonchev–Trinajstić information content (AvgIpc) is 3.59. The summed E-state index contributed by atoms with van der Waals surface area (Å²) in [6.07, 6.45) is 4.95. The second kappa shape index (κ2) is 7.66. The number of benzene rings is 2. The zero-order valence-electron chi connectivity index (χ0n) is 17.3. The molecular formula is C23H20N6O2S. The Kier molecular flexibility index (Phi) is 4.79. The Bertz CT molecular complexity index is 1480. The molecule has 9 heteroatoms. The van der Waals surface area contributed by atoms with Crippen LogP contribution in [0.25, 0.3) is 22.2 Å². The maximum absolute atomic E-state index is 12.8. The Labute approximate surface area is 185 Å². The van der Waals surface area contributed by atoms with Crippen LogP contribution in [-0.4, -0.2) is 31.5 Å². The van der Waals surface area contributed by atoms with Crippen molar-refractivity contribution < 1.29 is 8.95 Å². The summed E-state index contributed by atoms with van der Waals surface area (Å²) in [5, 5.41) is 13.6. The first-order valence-corrected chi connectivity index (χ1v) is 11.7. The van der Waals surface area contributed by atoms with E-state index in [0.717, 1.165) is 29.3 Å². The van der Waals surface area contributed by atoms with Gasteiger partial charge in [-0.15, -0.1) is 0 Å². The molecule has 160 valence electrons. The number of ether oxygens (including phenoxy) is 1. The molecule has 2 aromatic carbocycles. The van der Waals surface area contributed by atoms with Gasteiger partial charge in [-0.2, -0.15) is 5.26 Å². The van der Waals surface area contributed by atoms with Gasteiger partial charge in [0.25, 0.3) is 0 Å². The Morgan fingerprint density at radius 3 is 2.84 bits per heavy atom. The summed E-state index contributed by atoms with van der Waals surface area (Å²) in [5.41, 5.74) is 3.22. The van der Waals surface area contributed by atoms with Crippen molar-refractivity contribution in [2.75, 3.05) is 12.4 Å². The first kappa shape index (κ1) is 20.0. The number of anilines is 2. The molecule has 1 fully saturated rings. The minimum absolute atomic E-state index is 0.0772. The number of fused-ring (bicyclic) bond motifs is 1. The molecule has 0 spiro atoms. The van der Waals surface area contributed by atoms with Crippen LogP contribution in [0.4, 0.5) is 11.6 Å². The van der Waals surface area contributed by atoms with Crippen molar-refractivity contribution in [3.05, 3.63) is 60.4 Å². The van der Waals surface area contributed by atoms with Gasteiger partial charge < -0.3 is 15.0 Å². The van der Waals surface area contributed by atoms with Crippen molar-refractivity contribution in [2.45, 2.75) is 23.0 Å². The van der Waals surface area contributed by atoms with E-state index in [9.17, 15) is 9.47 Å². The van der Waals surface area contributed by atoms with E-state index >= 15 is 0 Å². The smallest absolute Gasteiger partial charge is 0.227 e. The van der Waals surface area contributed by atoms with Crippen LogP contribution in [-0.2, 0) is 9.73 Å². The summed E-state index contributed by atoms with van der Waals surface area (Å²) < 4.78 is 26.5. The highest BCUT2D eigenvalue weighted by Crippen LogP contribution is 2.38. The molecule has 2 aromatic heterocycles. The maximum Gasteiger partial charge on any atom is 0.227 e. The molecule has 3 N–H and O–H groups in total. The summed E-state index contributed by atoms with van der Waals surface area (Å²) in [6.45, 7) is 0. The Morgan fingerprint density at radius 1 is 1.28 bits per heavy atom. The van der Waals surface area contributed by atoms with E-state index < -0.39 is 9.73 Å². The van der Waals surface area contributed by atoms with E-state index in [-0.39, 0.29) is 5.25 Å². The average molecular weight is 445 g/mol. The highest BCUT2D eigenvalue weighted by atomic mass is 32.2. The molecule has 0 amide bonds. The first-order chi connectivity index (χ1) is 15.5. The lowest BCUT2D eigenvalue weighted by atomic mass is 10.1. The van der Waals surface area contributed by atoms with E-state index in [2.05, 4.69) is 26.3 Å². The lowest BCUT2D eigenvalue weighted by Gasteiger charge is -2.14. The third-order valence-corrected chi connectivity index (χ3v) is 7.88. The van der Waals surface area contributed by atoms with Gasteiger partial charge in [0.2, 0.25) is 5.95 Å². The predicted octanol–water partition coefficient (Wildman–Crippen LogP) is 4.82. The van der Waals surface area contributed by atoms with Gasteiger partial charge in [0.15, 0.2) is 0 Å². The van der Waals surface area contributed by atoms with Crippen molar-refractivity contribution in [3.63, 3.8) is 0 Å². The van der Waals surface area contributed by atoms with Crippen LogP contribution < -0.4 is 10.1 Å². The number of nitriles is 1. The fourth-order valence-corrected chi connectivity index (χ4v) is 5.41. The molecule has 2 heterocycles. The van der Waals surface area contributed by atoms with Crippen LogP contribution in [0.3, 0.4) is 0 Å². The summed E-state index contributed by atoms with van der Waals surface area (Å²) in [6, 6.07) is 15.0. The maximum atomic E-state index is 12.8. The molecule has 1 atom stereocenters. The molecule has 8 nitrogen and oxygen atoms in total. The predicted molar refractivity (Wildman–Crippen MR) is 122 cm³/mol. The molecule has 5 rings (SSSR count). The van der Waals surface area contributed by atoms with Crippen molar-refractivity contribution in [3.8, 4) is 23.1 Å². The number of rotatable bonds is 6. The van der Waals surface area contributed by atoms with Gasteiger partial charge in [-0.1, -0.05) is 18.2 Å². The number of hydrogen-bond donors (Lipinski definition) is 3. The van der Waals surface area contributed by atoms with Gasteiger partial charge in [-0.3, -0.25) is 0 Å². The van der Waals surface area contributed by atoms with Gasteiger partial charge in [-0.25, -0.2) is 19.0 Å². The molecule has 0 saturated heterocycles. The number of nitrogens with one attached hydrogen (secondary N) is 3. The monoisotopic (exact) mass is 444 g/mol. The normalized spacial score (nSPS) is 15.1. The number of H-pyrrole nitrogens is 1. The molecule has 0 aliphatic heterocycles. The zero-order valence-corrected chi connectivity index (χ0v) is 18.1. The number of hydrogen-bond acceptors (Lipinski definition) is 7. The number of para-hydroxylation sites is 1. The fraction of sp³-hybridized carbons (Fsp3) is 0.174. The molecule has 32 heavy (non-hydrogen) atoms. The highest BCUT2D eigenvalue weighted by molar-refractivity contribution is 7.93. The molecule has 1 unspecified atom stereocenters. The summed E-state index contributed by atoms with van der Waals surface area (Å²) in [4.78, 5) is 12.5. The summed E-state index contributed by atoms with van der Waals surface area (Å²) in [5.74, 6) is 0.744. The van der Waals surface area contributed by atoms with E-state index in [1.165, 1.54) is 13.3 Å². The summed E-state index contributed by atoms with van der Waals surface area (Å²) >= 11 is 0. The highest BCUT2D eigenvalue weighted by Gasteiger charge is 2.34. The number of nitrogens with zero attached hydrogens (tertiary/aromatic N) is 3. The van der Waals surface area contributed by atoms with Crippen molar-refractivity contribution in [1.29, 1.82) is 10.0 Å². The van der Waals surface area contributed by atoms with Gasteiger partial charge in [0.1, 0.15) is 11.8 Å². The molecule has 1 saturated carbocycles. The Hall–Kier alpha value is -3.90.